The highest BCUT2D eigenvalue weighted by atomic mass is 31.1. The molecule has 1 unspecified atom stereocenters. The molecule has 0 spiro atoms. The summed E-state index contributed by atoms with van der Waals surface area (Å²) in [5.74, 6) is 2.35. The molecule has 1 atom stereocenters. The van der Waals surface area contributed by atoms with Gasteiger partial charge in [0.2, 0.25) is 0 Å². The van der Waals surface area contributed by atoms with Gasteiger partial charge in [0, 0.05) is 11.5 Å². The van der Waals surface area contributed by atoms with Gasteiger partial charge in [0.1, 0.15) is 0 Å². The topological polar surface area (TPSA) is 12.0 Å². The molecule has 2 fully saturated rings. The van der Waals surface area contributed by atoms with Crippen molar-refractivity contribution in [3.63, 3.8) is 0 Å². The van der Waals surface area contributed by atoms with Gasteiger partial charge in [-0.25, -0.2) is 0 Å². The van der Waals surface area contributed by atoms with Gasteiger partial charge in [-0.2, -0.15) is 0 Å². The lowest BCUT2D eigenvalue weighted by Gasteiger charge is -2.33. The maximum Gasteiger partial charge on any atom is 0.0427 e. The molecule has 124 valence electrons. The van der Waals surface area contributed by atoms with Crippen LogP contribution in [0.25, 0.3) is 6.08 Å². The first-order valence-electron chi connectivity index (χ1n) is 9.13. The van der Waals surface area contributed by atoms with Crippen LogP contribution in [0.2, 0.25) is 0 Å². The number of hydrogen-bond acceptors (Lipinski definition) is 1. The molecular weight excluding hydrogens is 297 g/mol. The van der Waals surface area contributed by atoms with E-state index in [9.17, 15) is 0 Å². The van der Waals surface area contributed by atoms with Gasteiger partial charge in [0.25, 0.3) is 0 Å². The van der Waals surface area contributed by atoms with E-state index < -0.39 is 0 Å². The molecule has 1 N–H and O–H groups in total. The maximum absolute atomic E-state index is 4.23. The Bertz CT molecular complexity index is 524. The zero-order valence-corrected chi connectivity index (χ0v) is 15.3. The van der Waals surface area contributed by atoms with Crippen LogP contribution in [0.15, 0.2) is 48.7 Å². The second-order valence-corrected chi connectivity index (χ2v) is 9.99. The van der Waals surface area contributed by atoms with Crippen LogP contribution >= 0.6 is 7.92 Å². The molecule has 0 bridgehead atoms. The van der Waals surface area contributed by atoms with E-state index in [1.807, 2.05) is 0 Å². The summed E-state index contributed by atoms with van der Waals surface area (Å²) < 4.78 is 0. The predicted molar refractivity (Wildman–Crippen MR) is 104 cm³/mol. The number of nitrogens with one attached hydrogen (secondary N) is 1. The number of hydrogen-bond donors (Lipinski definition) is 1. The molecule has 1 aliphatic carbocycles. The van der Waals surface area contributed by atoms with Crippen LogP contribution in [-0.4, -0.2) is 18.1 Å². The van der Waals surface area contributed by atoms with Crippen LogP contribution < -0.4 is 5.32 Å². The molecule has 1 nitrogen and oxygen atoms in total. The first kappa shape index (κ1) is 16.8. The van der Waals surface area contributed by atoms with Crippen molar-refractivity contribution in [3.8, 4) is 0 Å². The first-order valence-corrected chi connectivity index (χ1v) is 10.9. The molecule has 1 saturated carbocycles. The molecule has 3 rings (SSSR count). The van der Waals surface area contributed by atoms with E-state index in [1.165, 1.54) is 55.7 Å². The van der Waals surface area contributed by atoms with Crippen molar-refractivity contribution >= 4 is 14.0 Å². The van der Waals surface area contributed by atoms with Gasteiger partial charge >= 0.3 is 0 Å². The van der Waals surface area contributed by atoms with Crippen LogP contribution in [0.3, 0.4) is 0 Å². The smallest absolute Gasteiger partial charge is 0.0427 e. The number of rotatable bonds is 7. The van der Waals surface area contributed by atoms with Gasteiger partial charge in [-0.15, -0.1) is 0 Å². The van der Waals surface area contributed by atoms with Crippen LogP contribution in [-0.2, 0) is 0 Å². The molecule has 1 saturated heterocycles. The minimum Gasteiger partial charge on any atom is -0.382 e. The van der Waals surface area contributed by atoms with E-state index >= 15 is 0 Å². The summed E-state index contributed by atoms with van der Waals surface area (Å²) >= 11 is 0. The van der Waals surface area contributed by atoms with Gasteiger partial charge < -0.3 is 5.32 Å². The second-order valence-electron chi connectivity index (χ2n) is 7.15. The summed E-state index contributed by atoms with van der Waals surface area (Å²) in [7, 11) is 0.156. The van der Waals surface area contributed by atoms with E-state index in [-0.39, 0.29) is 7.92 Å². The third-order valence-electron chi connectivity index (χ3n) is 5.24. The zero-order valence-electron chi connectivity index (χ0n) is 14.4. The van der Waals surface area contributed by atoms with E-state index in [2.05, 4.69) is 61.3 Å². The minimum absolute atomic E-state index is 0.156. The fourth-order valence-electron chi connectivity index (χ4n) is 3.45. The molecule has 1 aromatic rings. The Morgan fingerprint density at radius 3 is 2.57 bits per heavy atom. The highest BCUT2D eigenvalue weighted by Gasteiger charge is 2.28. The average Bonchev–Trinajstić information content (AvgIpc) is 3.41. The summed E-state index contributed by atoms with van der Waals surface area (Å²) in [6.45, 7) is 6.61. The Morgan fingerprint density at radius 2 is 1.91 bits per heavy atom. The third kappa shape index (κ3) is 5.21. The fraction of sp³-hybridized carbons (Fsp3) is 0.524. The lowest BCUT2D eigenvalue weighted by atomic mass is 9.98. The van der Waals surface area contributed by atoms with E-state index in [0.717, 1.165) is 11.8 Å². The molecule has 2 aliphatic rings. The van der Waals surface area contributed by atoms with Crippen molar-refractivity contribution in [2.75, 3.05) is 12.3 Å². The van der Waals surface area contributed by atoms with Crippen molar-refractivity contribution < 1.29 is 0 Å². The third-order valence-corrected chi connectivity index (χ3v) is 8.13. The molecule has 0 radical (unpaired) electrons. The molecule has 23 heavy (non-hydrogen) atoms. The molecule has 0 aromatic heterocycles. The summed E-state index contributed by atoms with van der Waals surface area (Å²) in [6.07, 6.45) is 14.3. The maximum atomic E-state index is 4.23. The van der Waals surface area contributed by atoms with Crippen molar-refractivity contribution in [2.45, 2.75) is 44.8 Å². The summed E-state index contributed by atoms with van der Waals surface area (Å²) in [4.78, 5) is 0. The zero-order chi connectivity index (χ0) is 16.1. The van der Waals surface area contributed by atoms with Gasteiger partial charge in [-0.3, -0.25) is 0 Å². The van der Waals surface area contributed by atoms with E-state index in [1.54, 1.807) is 0 Å². The Kier molecular flexibility index (Phi) is 5.95. The number of allylic oxidation sites excluding steroid dienone is 2. The van der Waals surface area contributed by atoms with Crippen LogP contribution in [0.5, 0.6) is 0 Å². The van der Waals surface area contributed by atoms with Crippen molar-refractivity contribution in [1.82, 2.24) is 5.32 Å². The Balaban J connectivity index is 1.38. The molecule has 1 aromatic carbocycles. The first-order chi connectivity index (χ1) is 11.2. The van der Waals surface area contributed by atoms with Crippen molar-refractivity contribution in [2.24, 2.45) is 11.8 Å². The lowest BCUT2D eigenvalue weighted by Crippen LogP contribution is -2.28. The quantitative estimate of drug-likeness (QED) is 0.620. The summed E-state index contributed by atoms with van der Waals surface area (Å²) in [5.41, 5.74) is 2.63. The Labute approximate surface area is 143 Å². The van der Waals surface area contributed by atoms with Gasteiger partial charge in [-0.1, -0.05) is 57.0 Å². The summed E-state index contributed by atoms with van der Waals surface area (Å²) in [5, 5.41) is 3.71. The summed E-state index contributed by atoms with van der Waals surface area (Å²) in [6, 6.07) is 10.6. The predicted octanol–water partition coefficient (Wildman–Crippen LogP) is 5.84. The molecule has 1 heterocycles. The van der Waals surface area contributed by atoms with Gasteiger partial charge in [0.15, 0.2) is 0 Å². The molecule has 2 heteroatoms. The Hall–Kier alpha value is -1.07. The lowest BCUT2D eigenvalue weighted by molar-refractivity contribution is 0.489. The van der Waals surface area contributed by atoms with E-state index in [4.69, 9.17) is 0 Å². The van der Waals surface area contributed by atoms with Crippen LogP contribution in [0.1, 0.15) is 44.6 Å². The van der Waals surface area contributed by atoms with Crippen molar-refractivity contribution in [1.29, 1.82) is 0 Å². The highest BCUT2D eigenvalue weighted by Crippen LogP contribution is 2.48. The standard InChI is InChI=1S/C21H30NP/c1-17(21-11-12-21)22-18(2)23-15-13-20(14-16-23)10-6-9-19-7-4-3-5-8-19/h3-9,18,20-22H,1,10-16H2,2H3/b9-6+. The SMILES string of the molecule is C=C(NC(C)P1CCC(C/C=C/c2ccccc2)CC1)C1CC1. The average molecular weight is 327 g/mol. The van der Waals surface area contributed by atoms with Crippen LogP contribution in [0, 0.1) is 11.8 Å². The molecule has 0 amide bonds. The second kappa shape index (κ2) is 8.15. The van der Waals surface area contributed by atoms with Crippen molar-refractivity contribution in [3.05, 3.63) is 54.2 Å². The largest absolute Gasteiger partial charge is 0.382 e. The number of benzene rings is 1. The molecule has 1 aliphatic heterocycles. The van der Waals surface area contributed by atoms with Gasteiger partial charge in [-0.05, 0) is 68.8 Å². The Morgan fingerprint density at radius 1 is 1.22 bits per heavy atom. The normalized spacial score (nSPS) is 26.1. The molecular formula is C21H30NP. The van der Waals surface area contributed by atoms with E-state index in [0.29, 0.717) is 5.78 Å². The minimum atomic E-state index is 0.156. The van der Waals surface area contributed by atoms with Gasteiger partial charge in [0.05, 0.1) is 0 Å². The van der Waals surface area contributed by atoms with Crippen LogP contribution in [0.4, 0.5) is 0 Å². The highest BCUT2D eigenvalue weighted by molar-refractivity contribution is 7.58. The monoisotopic (exact) mass is 327 g/mol. The fourth-order valence-corrected chi connectivity index (χ4v) is 6.19.